The maximum atomic E-state index is 6.07. The maximum absolute atomic E-state index is 6.07. The van der Waals surface area contributed by atoms with E-state index >= 15 is 0 Å². The summed E-state index contributed by atoms with van der Waals surface area (Å²) in [5, 5.41) is 6.12. The molecule has 0 aliphatic rings. The molecule has 6 aromatic rings. The van der Waals surface area contributed by atoms with Crippen LogP contribution >= 0.6 is 0 Å². The second kappa shape index (κ2) is 8.20. The van der Waals surface area contributed by atoms with Gasteiger partial charge in [0, 0.05) is 10.9 Å². The molecular weight excluding hydrogens is 412 g/mol. The molecule has 0 N–H and O–H groups in total. The van der Waals surface area contributed by atoms with Gasteiger partial charge in [-0.1, -0.05) is 104 Å². The Morgan fingerprint density at radius 1 is 0.618 bits per heavy atom. The fourth-order valence-corrected chi connectivity index (χ4v) is 5.14. The van der Waals surface area contributed by atoms with Crippen LogP contribution in [0.25, 0.3) is 66.9 Å². The molecule has 1 heterocycles. The second-order valence-electron chi connectivity index (χ2n) is 8.50. The van der Waals surface area contributed by atoms with Crippen molar-refractivity contribution in [3.05, 3.63) is 121 Å². The highest BCUT2D eigenvalue weighted by atomic mass is 16.3. The van der Waals surface area contributed by atoms with Crippen molar-refractivity contribution in [1.29, 1.82) is 0 Å². The molecule has 162 valence electrons. The van der Waals surface area contributed by atoms with Crippen molar-refractivity contribution < 1.29 is 4.42 Å². The first-order valence-electron chi connectivity index (χ1n) is 11.6. The summed E-state index contributed by atoms with van der Waals surface area (Å²) in [5.74, 6) is 0.805. The van der Waals surface area contributed by atoms with Crippen molar-refractivity contribution in [2.75, 3.05) is 0 Å². The van der Waals surface area contributed by atoms with Crippen LogP contribution in [0.15, 0.2) is 114 Å². The largest absolute Gasteiger partial charge is 0.456 e. The Kier molecular flexibility index (Phi) is 4.89. The molecule has 0 spiro atoms. The summed E-state index contributed by atoms with van der Waals surface area (Å²) in [6.45, 7) is 5.97. The zero-order valence-electron chi connectivity index (χ0n) is 19.1. The van der Waals surface area contributed by atoms with Crippen LogP contribution in [0.1, 0.15) is 18.2 Å². The summed E-state index contributed by atoms with van der Waals surface area (Å²) in [4.78, 5) is 0. The van der Waals surface area contributed by atoms with Gasteiger partial charge in [-0.25, -0.2) is 0 Å². The van der Waals surface area contributed by atoms with Gasteiger partial charge >= 0.3 is 0 Å². The summed E-state index contributed by atoms with van der Waals surface area (Å²) in [6.07, 6.45) is 5.93. The van der Waals surface area contributed by atoms with Gasteiger partial charge in [0.1, 0.15) is 11.3 Å². The number of allylic oxidation sites excluding steroid dienone is 1. The summed E-state index contributed by atoms with van der Waals surface area (Å²) < 4.78 is 6.07. The third-order valence-electron chi connectivity index (χ3n) is 6.56. The number of rotatable bonds is 4. The molecule has 34 heavy (non-hydrogen) atoms. The lowest BCUT2D eigenvalue weighted by Gasteiger charge is -2.17. The van der Waals surface area contributed by atoms with E-state index in [2.05, 4.69) is 110 Å². The van der Waals surface area contributed by atoms with Gasteiger partial charge in [-0.2, -0.15) is 0 Å². The fourth-order valence-electron chi connectivity index (χ4n) is 5.14. The average molecular weight is 437 g/mol. The van der Waals surface area contributed by atoms with E-state index in [-0.39, 0.29) is 0 Å². The molecule has 0 fully saturated rings. The molecule has 0 amide bonds. The van der Waals surface area contributed by atoms with Gasteiger partial charge in [-0.05, 0) is 68.9 Å². The Balaban J connectivity index is 1.75. The van der Waals surface area contributed by atoms with Crippen LogP contribution in [0.4, 0.5) is 0 Å². The van der Waals surface area contributed by atoms with E-state index in [1.54, 1.807) is 6.08 Å². The lowest BCUT2D eigenvalue weighted by Crippen LogP contribution is -1.90. The summed E-state index contributed by atoms with van der Waals surface area (Å²) in [6, 6.07) is 34.7. The van der Waals surface area contributed by atoms with E-state index in [1.165, 1.54) is 43.8 Å². The second-order valence-corrected chi connectivity index (χ2v) is 8.50. The Bertz CT molecular complexity index is 1660. The fraction of sp³-hybridized carbons (Fsp3) is 0.0303. The molecule has 6 rings (SSSR count). The van der Waals surface area contributed by atoms with Crippen LogP contribution < -0.4 is 0 Å². The van der Waals surface area contributed by atoms with Crippen LogP contribution in [0.3, 0.4) is 0 Å². The number of hydrogen-bond donors (Lipinski definition) is 0. The molecule has 1 aromatic heterocycles. The van der Waals surface area contributed by atoms with Crippen LogP contribution in [-0.4, -0.2) is 0 Å². The van der Waals surface area contributed by atoms with Crippen LogP contribution in [-0.2, 0) is 0 Å². The molecule has 0 saturated heterocycles. The third kappa shape index (κ3) is 3.09. The minimum Gasteiger partial charge on any atom is -0.456 e. The molecule has 1 nitrogen and oxygen atoms in total. The highest BCUT2D eigenvalue weighted by Gasteiger charge is 2.18. The maximum Gasteiger partial charge on any atom is 0.135 e. The van der Waals surface area contributed by atoms with Gasteiger partial charge in [-0.15, -0.1) is 0 Å². The van der Waals surface area contributed by atoms with E-state index in [0.717, 1.165) is 22.3 Å². The van der Waals surface area contributed by atoms with Gasteiger partial charge < -0.3 is 4.42 Å². The highest BCUT2D eigenvalue weighted by molar-refractivity contribution is 6.21. The predicted molar refractivity (Wildman–Crippen MR) is 147 cm³/mol. The quantitative estimate of drug-likeness (QED) is 0.251. The topological polar surface area (TPSA) is 13.1 Å². The minimum absolute atomic E-state index is 0.805. The number of fused-ring (bicyclic) bond motifs is 3. The number of hydrogen-bond acceptors (Lipinski definition) is 1. The number of benzene rings is 5. The molecule has 0 atom stereocenters. The molecule has 0 aliphatic carbocycles. The molecule has 0 aliphatic heterocycles. The van der Waals surface area contributed by atoms with E-state index in [0.29, 0.717) is 0 Å². The van der Waals surface area contributed by atoms with Crippen molar-refractivity contribution in [2.45, 2.75) is 6.92 Å². The van der Waals surface area contributed by atoms with Crippen molar-refractivity contribution in [1.82, 2.24) is 0 Å². The van der Waals surface area contributed by atoms with Gasteiger partial charge in [0.25, 0.3) is 0 Å². The molecule has 0 bridgehead atoms. The SMILES string of the molecule is C=Cc1oc2ccc(-c3c4ccccc4c(-c4ccccc4)c4ccccc34)cc2c1/C=C\C. The lowest BCUT2D eigenvalue weighted by atomic mass is 9.86. The van der Waals surface area contributed by atoms with Crippen molar-refractivity contribution in [2.24, 2.45) is 0 Å². The molecular formula is C33H24O. The molecule has 0 unspecified atom stereocenters. The molecule has 0 radical (unpaired) electrons. The first kappa shape index (κ1) is 20.3. The van der Waals surface area contributed by atoms with E-state index in [9.17, 15) is 0 Å². The monoisotopic (exact) mass is 436 g/mol. The molecule has 0 saturated carbocycles. The number of furan rings is 1. The average Bonchev–Trinajstić information content (AvgIpc) is 3.24. The normalized spacial score (nSPS) is 11.7. The Morgan fingerprint density at radius 2 is 1.18 bits per heavy atom. The Labute approximate surface area is 199 Å². The van der Waals surface area contributed by atoms with Crippen LogP contribution in [0.5, 0.6) is 0 Å². The van der Waals surface area contributed by atoms with Gasteiger partial charge in [0.15, 0.2) is 0 Å². The Hall–Kier alpha value is -4.36. The highest BCUT2D eigenvalue weighted by Crippen LogP contribution is 2.44. The smallest absolute Gasteiger partial charge is 0.135 e. The summed E-state index contributed by atoms with van der Waals surface area (Å²) >= 11 is 0. The Morgan fingerprint density at radius 3 is 1.74 bits per heavy atom. The van der Waals surface area contributed by atoms with Gasteiger partial charge in [0.05, 0.1) is 0 Å². The van der Waals surface area contributed by atoms with E-state index < -0.39 is 0 Å². The van der Waals surface area contributed by atoms with Crippen molar-refractivity contribution in [3.63, 3.8) is 0 Å². The van der Waals surface area contributed by atoms with Crippen LogP contribution in [0.2, 0.25) is 0 Å². The zero-order chi connectivity index (χ0) is 23.1. The summed E-state index contributed by atoms with van der Waals surface area (Å²) in [5.41, 5.74) is 6.90. The predicted octanol–water partition coefficient (Wildman–Crippen LogP) is 9.75. The van der Waals surface area contributed by atoms with Gasteiger partial charge in [0.2, 0.25) is 0 Å². The lowest BCUT2D eigenvalue weighted by molar-refractivity contribution is 0.603. The molecule has 5 aromatic carbocycles. The van der Waals surface area contributed by atoms with Crippen molar-refractivity contribution >= 4 is 44.7 Å². The van der Waals surface area contributed by atoms with E-state index in [1.807, 2.05) is 13.0 Å². The van der Waals surface area contributed by atoms with Crippen LogP contribution in [0, 0.1) is 0 Å². The first-order chi connectivity index (χ1) is 16.8. The van der Waals surface area contributed by atoms with Gasteiger partial charge in [-0.3, -0.25) is 0 Å². The summed E-state index contributed by atoms with van der Waals surface area (Å²) in [7, 11) is 0. The van der Waals surface area contributed by atoms with Crippen molar-refractivity contribution in [3.8, 4) is 22.3 Å². The standard InChI is InChI=1S/C33H24O/c1-3-12-24-29-21-23(19-20-31(29)34-30(24)4-2)33-27-17-10-8-15-25(27)32(22-13-6-5-7-14-22)26-16-9-11-18-28(26)33/h3-21H,2H2,1H3/b12-3-. The minimum atomic E-state index is 0.805. The van der Waals surface area contributed by atoms with E-state index in [4.69, 9.17) is 4.42 Å². The third-order valence-corrected chi connectivity index (χ3v) is 6.56. The molecule has 1 heteroatoms. The zero-order valence-corrected chi connectivity index (χ0v) is 19.1. The first-order valence-corrected chi connectivity index (χ1v) is 11.6.